The summed E-state index contributed by atoms with van der Waals surface area (Å²) in [6, 6.07) is 17.7. The van der Waals surface area contributed by atoms with Crippen LogP contribution >= 0.6 is 0 Å². The molecule has 0 aliphatic rings. The molecule has 32 heavy (non-hydrogen) atoms. The van der Waals surface area contributed by atoms with Gasteiger partial charge in [0.2, 0.25) is 0 Å². The minimum atomic E-state index is -3.84. The van der Waals surface area contributed by atoms with Crippen molar-refractivity contribution < 1.29 is 17.9 Å². The van der Waals surface area contributed by atoms with Crippen molar-refractivity contribution in [3.05, 3.63) is 82.9 Å². The van der Waals surface area contributed by atoms with Crippen LogP contribution in [0.4, 0.5) is 11.4 Å². The van der Waals surface area contributed by atoms with Crippen LogP contribution in [-0.2, 0) is 14.8 Å². The first-order chi connectivity index (χ1) is 15.0. The third kappa shape index (κ3) is 5.68. The molecule has 3 aromatic rings. The van der Waals surface area contributed by atoms with Crippen LogP contribution in [-0.4, -0.2) is 20.4 Å². The van der Waals surface area contributed by atoms with E-state index in [0.717, 1.165) is 16.7 Å². The predicted octanol–water partition coefficient (Wildman–Crippen LogP) is 5.13. The number of nitrogens with one attached hydrogen (secondary N) is 2. The summed E-state index contributed by atoms with van der Waals surface area (Å²) in [6.07, 6.45) is -0.757. The number of carbonyl (C=O) groups is 1. The Morgan fingerprint density at radius 3 is 2.16 bits per heavy atom. The third-order valence-electron chi connectivity index (χ3n) is 5.07. The molecule has 0 bridgehead atoms. The Morgan fingerprint density at radius 1 is 0.844 bits per heavy atom. The van der Waals surface area contributed by atoms with Crippen LogP contribution in [0.15, 0.2) is 65.6 Å². The Bertz CT molecular complexity index is 1240. The van der Waals surface area contributed by atoms with Gasteiger partial charge in [-0.1, -0.05) is 41.5 Å². The molecule has 0 fully saturated rings. The molecule has 0 heterocycles. The van der Waals surface area contributed by atoms with E-state index in [4.69, 9.17) is 4.74 Å². The van der Waals surface area contributed by atoms with Gasteiger partial charge in [-0.15, -0.1) is 0 Å². The van der Waals surface area contributed by atoms with Gasteiger partial charge in [-0.25, -0.2) is 8.42 Å². The highest BCUT2D eigenvalue weighted by atomic mass is 32.2. The Hall–Kier alpha value is -3.32. The molecule has 168 valence electrons. The smallest absolute Gasteiger partial charge is 0.265 e. The molecule has 1 atom stereocenters. The third-order valence-corrected chi connectivity index (χ3v) is 6.58. The van der Waals surface area contributed by atoms with Crippen LogP contribution in [0.3, 0.4) is 0 Å². The molecule has 0 spiro atoms. The standard InChI is InChI=1S/C25H28N2O4S/c1-16-6-11-22(12-7-16)31-20(5)25(28)26-21-10-9-18(3)24(15-21)32(29,30)27-23-13-8-17(2)14-19(23)4/h6-15,20,27H,1-5H3,(H,26,28)/t20-/m0/s1. The van der Waals surface area contributed by atoms with E-state index in [1.807, 2.05) is 45.0 Å². The first kappa shape index (κ1) is 23.3. The van der Waals surface area contributed by atoms with Crippen molar-refractivity contribution in [3.8, 4) is 5.75 Å². The van der Waals surface area contributed by atoms with Gasteiger partial charge in [0.1, 0.15) is 5.75 Å². The van der Waals surface area contributed by atoms with Crippen molar-refractivity contribution in [2.75, 3.05) is 10.0 Å². The van der Waals surface area contributed by atoms with Gasteiger partial charge in [-0.2, -0.15) is 0 Å². The zero-order valence-corrected chi connectivity index (χ0v) is 19.7. The lowest BCUT2D eigenvalue weighted by Crippen LogP contribution is -2.30. The van der Waals surface area contributed by atoms with E-state index in [0.29, 0.717) is 22.7 Å². The van der Waals surface area contributed by atoms with Gasteiger partial charge >= 0.3 is 0 Å². The van der Waals surface area contributed by atoms with E-state index in [2.05, 4.69) is 10.0 Å². The Morgan fingerprint density at radius 2 is 1.50 bits per heavy atom. The minimum absolute atomic E-state index is 0.0994. The average molecular weight is 453 g/mol. The number of benzene rings is 3. The van der Waals surface area contributed by atoms with E-state index in [1.54, 1.807) is 44.2 Å². The Balaban J connectivity index is 1.77. The number of hydrogen-bond acceptors (Lipinski definition) is 4. The number of amides is 1. The lowest BCUT2D eigenvalue weighted by Gasteiger charge is -2.17. The highest BCUT2D eigenvalue weighted by molar-refractivity contribution is 7.92. The summed E-state index contributed by atoms with van der Waals surface area (Å²) >= 11 is 0. The van der Waals surface area contributed by atoms with Crippen LogP contribution in [0.5, 0.6) is 5.75 Å². The summed E-state index contributed by atoms with van der Waals surface area (Å²) in [7, 11) is -3.84. The number of rotatable bonds is 7. The number of sulfonamides is 1. The molecule has 0 unspecified atom stereocenters. The summed E-state index contributed by atoms with van der Waals surface area (Å²) < 4.78 is 34.4. The van der Waals surface area contributed by atoms with E-state index < -0.39 is 16.1 Å². The molecule has 7 heteroatoms. The monoisotopic (exact) mass is 452 g/mol. The molecule has 0 saturated carbocycles. The van der Waals surface area contributed by atoms with Crippen molar-refractivity contribution in [3.63, 3.8) is 0 Å². The zero-order chi connectivity index (χ0) is 23.5. The normalized spacial score (nSPS) is 12.2. The molecule has 1 amide bonds. The van der Waals surface area contributed by atoms with Crippen molar-refractivity contribution in [1.29, 1.82) is 0 Å². The molecular formula is C25H28N2O4S. The van der Waals surface area contributed by atoms with Gasteiger partial charge < -0.3 is 10.1 Å². The highest BCUT2D eigenvalue weighted by Crippen LogP contribution is 2.25. The summed E-state index contributed by atoms with van der Waals surface area (Å²) in [5, 5.41) is 2.74. The molecule has 3 aromatic carbocycles. The Kier molecular flexibility index (Phi) is 6.89. The number of carbonyl (C=O) groups excluding carboxylic acids is 1. The molecule has 0 radical (unpaired) electrons. The second-order valence-electron chi connectivity index (χ2n) is 7.97. The summed E-state index contributed by atoms with van der Waals surface area (Å²) in [4.78, 5) is 12.7. The second kappa shape index (κ2) is 9.44. The maximum atomic E-state index is 13.1. The quantitative estimate of drug-likeness (QED) is 0.521. The van der Waals surface area contributed by atoms with Crippen LogP contribution in [0.25, 0.3) is 0 Å². The van der Waals surface area contributed by atoms with Crippen molar-refractivity contribution in [2.24, 2.45) is 0 Å². The maximum Gasteiger partial charge on any atom is 0.265 e. The van der Waals surface area contributed by atoms with E-state index in [-0.39, 0.29) is 10.8 Å². The van der Waals surface area contributed by atoms with Gasteiger partial charge in [0.15, 0.2) is 6.10 Å². The molecule has 0 aromatic heterocycles. The Labute approximate surface area is 189 Å². The summed E-state index contributed by atoms with van der Waals surface area (Å²) in [5.74, 6) is 0.211. The van der Waals surface area contributed by atoms with Gasteiger partial charge in [0.05, 0.1) is 10.6 Å². The van der Waals surface area contributed by atoms with Crippen LogP contribution in [0.2, 0.25) is 0 Å². The predicted molar refractivity (Wildman–Crippen MR) is 128 cm³/mol. The first-order valence-corrected chi connectivity index (χ1v) is 11.8. The van der Waals surface area contributed by atoms with E-state index >= 15 is 0 Å². The van der Waals surface area contributed by atoms with Crippen molar-refractivity contribution >= 4 is 27.3 Å². The topological polar surface area (TPSA) is 84.5 Å². The number of hydrogen-bond donors (Lipinski definition) is 2. The minimum Gasteiger partial charge on any atom is -0.481 e. The van der Waals surface area contributed by atoms with Gasteiger partial charge in [-0.05, 0) is 76.1 Å². The van der Waals surface area contributed by atoms with Crippen LogP contribution < -0.4 is 14.8 Å². The fourth-order valence-corrected chi connectivity index (χ4v) is 4.62. The number of aryl methyl sites for hydroxylation is 4. The van der Waals surface area contributed by atoms with Gasteiger partial charge in [0.25, 0.3) is 15.9 Å². The fourth-order valence-electron chi connectivity index (χ4n) is 3.21. The van der Waals surface area contributed by atoms with Crippen LogP contribution in [0, 0.1) is 27.7 Å². The lowest BCUT2D eigenvalue weighted by atomic mass is 10.1. The van der Waals surface area contributed by atoms with Gasteiger partial charge in [-0.3, -0.25) is 9.52 Å². The molecule has 0 aliphatic carbocycles. The summed E-state index contributed by atoms with van der Waals surface area (Å²) in [6.45, 7) is 9.13. The summed E-state index contributed by atoms with van der Waals surface area (Å²) in [5.41, 5.74) is 4.44. The zero-order valence-electron chi connectivity index (χ0n) is 18.9. The lowest BCUT2D eigenvalue weighted by molar-refractivity contribution is -0.122. The number of anilines is 2. The van der Waals surface area contributed by atoms with E-state index in [1.165, 1.54) is 6.07 Å². The SMILES string of the molecule is Cc1ccc(O[C@@H](C)C(=O)Nc2ccc(C)c(S(=O)(=O)Nc3ccc(C)cc3C)c2)cc1. The highest BCUT2D eigenvalue weighted by Gasteiger charge is 2.20. The maximum absolute atomic E-state index is 13.1. The molecule has 3 rings (SSSR count). The number of ether oxygens (including phenoxy) is 1. The largest absolute Gasteiger partial charge is 0.481 e. The average Bonchev–Trinajstić information content (AvgIpc) is 2.73. The van der Waals surface area contributed by atoms with Crippen molar-refractivity contribution in [1.82, 2.24) is 0 Å². The first-order valence-electron chi connectivity index (χ1n) is 10.3. The molecule has 0 saturated heterocycles. The second-order valence-corrected chi connectivity index (χ2v) is 9.62. The molecule has 0 aliphatic heterocycles. The molecule has 2 N–H and O–H groups in total. The van der Waals surface area contributed by atoms with Gasteiger partial charge in [0, 0.05) is 5.69 Å². The fraction of sp³-hybridized carbons (Fsp3) is 0.240. The van der Waals surface area contributed by atoms with Crippen LogP contribution in [0.1, 0.15) is 29.2 Å². The van der Waals surface area contributed by atoms with Crippen molar-refractivity contribution in [2.45, 2.75) is 45.6 Å². The molecular weight excluding hydrogens is 424 g/mol. The molecule has 6 nitrogen and oxygen atoms in total. The van der Waals surface area contributed by atoms with E-state index in [9.17, 15) is 13.2 Å².